The first-order valence-corrected chi connectivity index (χ1v) is 8.02. The van der Waals surface area contributed by atoms with E-state index in [9.17, 15) is 0 Å². The molecule has 0 spiro atoms. The Morgan fingerprint density at radius 1 is 1.05 bits per heavy atom. The van der Waals surface area contributed by atoms with Crippen molar-refractivity contribution in [1.29, 1.82) is 0 Å². The van der Waals surface area contributed by atoms with Crippen molar-refractivity contribution < 1.29 is 0 Å². The standard InChI is InChI=1S/C18H32N2/c1-7-16-9-11-17(12-10-16)18(19-8-2)13-20(6)15(5)14(3)4/h9-12,14-15,18-19H,7-8,13H2,1-6H3. The summed E-state index contributed by atoms with van der Waals surface area (Å²) >= 11 is 0. The Morgan fingerprint density at radius 2 is 1.65 bits per heavy atom. The van der Waals surface area contributed by atoms with E-state index in [1.165, 1.54) is 11.1 Å². The minimum Gasteiger partial charge on any atom is -0.309 e. The molecule has 0 bridgehead atoms. The van der Waals surface area contributed by atoms with Crippen LogP contribution in [0.3, 0.4) is 0 Å². The van der Waals surface area contributed by atoms with Gasteiger partial charge in [-0.1, -0.05) is 52.0 Å². The molecule has 114 valence electrons. The number of benzene rings is 1. The lowest BCUT2D eigenvalue weighted by molar-refractivity contribution is 0.188. The van der Waals surface area contributed by atoms with Crippen LogP contribution in [0.25, 0.3) is 0 Å². The lowest BCUT2D eigenvalue weighted by Crippen LogP contribution is -2.40. The summed E-state index contributed by atoms with van der Waals surface area (Å²) in [5.74, 6) is 0.685. The van der Waals surface area contributed by atoms with E-state index in [0.717, 1.165) is 19.5 Å². The van der Waals surface area contributed by atoms with Gasteiger partial charge in [-0.15, -0.1) is 0 Å². The maximum atomic E-state index is 3.62. The highest BCUT2D eigenvalue weighted by Crippen LogP contribution is 2.18. The van der Waals surface area contributed by atoms with E-state index < -0.39 is 0 Å². The molecule has 0 aliphatic rings. The minimum absolute atomic E-state index is 0.414. The van der Waals surface area contributed by atoms with Crippen LogP contribution in [0.1, 0.15) is 51.8 Å². The third kappa shape index (κ3) is 4.92. The molecule has 20 heavy (non-hydrogen) atoms. The highest BCUT2D eigenvalue weighted by molar-refractivity contribution is 5.25. The third-order valence-electron chi connectivity index (χ3n) is 4.37. The largest absolute Gasteiger partial charge is 0.309 e. The van der Waals surface area contributed by atoms with Gasteiger partial charge in [0.15, 0.2) is 0 Å². The summed E-state index contributed by atoms with van der Waals surface area (Å²) in [6, 6.07) is 10.1. The molecule has 0 aliphatic carbocycles. The first-order valence-electron chi connectivity index (χ1n) is 8.02. The molecule has 2 heteroatoms. The molecule has 2 unspecified atom stereocenters. The number of hydrogen-bond donors (Lipinski definition) is 1. The fourth-order valence-electron chi connectivity index (χ4n) is 2.48. The Bertz CT molecular complexity index is 370. The van der Waals surface area contributed by atoms with Gasteiger partial charge >= 0.3 is 0 Å². The van der Waals surface area contributed by atoms with E-state index in [2.05, 4.69) is 76.1 Å². The van der Waals surface area contributed by atoms with Gasteiger partial charge in [-0.05, 0) is 44.0 Å². The van der Waals surface area contributed by atoms with E-state index in [4.69, 9.17) is 0 Å². The summed E-state index contributed by atoms with van der Waals surface area (Å²) in [4.78, 5) is 2.46. The molecule has 1 rings (SSSR count). The van der Waals surface area contributed by atoms with Gasteiger partial charge in [-0.2, -0.15) is 0 Å². The number of rotatable bonds is 8. The van der Waals surface area contributed by atoms with E-state index in [0.29, 0.717) is 18.0 Å². The van der Waals surface area contributed by atoms with E-state index in [1.807, 2.05) is 0 Å². The third-order valence-corrected chi connectivity index (χ3v) is 4.37. The topological polar surface area (TPSA) is 15.3 Å². The smallest absolute Gasteiger partial charge is 0.0449 e. The van der Waals surface area contributed by atoms with Crippen molar-refractivity contribution >= 4 is 0 Å². The molecule has 0 amide bonds. The molecule has 0 aliphatic heterocycles. The number of nitrogens with zero attached hydrogens (tertiary/aromatic N) is 1. The Labute approximate surface area is 125 Å². The van der Waals surface area contributed by atoms with E-state index in [1.54, 1.807) is 0 Å². The average molecular weight is 276 g/mol. The fourth-order valence-corrected chi connectivity index (χ4v) is 2.48. The molecule has 1 aromatic carbocycles. The first-order chi connectivity index (χ1) is 9.49. The van der Waals surface area contributed by atoms with Crippen molar-refractivity contribution in [3.05, 3.63) is 35.4 Å². The van der Waals surface area contributed by atoms with Crippen LogP contribution in [-0.4, -0.2) is 31.1 Å². The Kier molecular flexibility index (Phi) is 7.25. The second kappa shape index (κ2) is 8.43. The van der Waals surface area contributed by atoms with Crippen LogP contribution in [0.4, 0.5) is 0 Å². The highest BCUT2D eigenvalue weighted by Gasteiger charge is 2.18. The monoisotopic (exact) mass is 276 g/mol. The summed E-state index contributed by atoms with van der Waals surface area (Å²) in [6.07, 6.45) is 1.11. The highest BCUT2D eigenvalue weighted by atomic mass is 15.2. The van der Waals surface area contributed by atoms with Gasteiger partial charge in [-0.25, -0.2) is 0 Å². The second-order valence-corrected chi connectivity index (χ2v) is 6.13. The molecular weight excluding hydrogens is 244 g/mol. The summed E-state index contributed by atoms with van der Waals surface area (Å²) in [5.41, 5.74) is 2.81. The fraction of sp³-hybridized carbons (Fsp3) is 0.667. The van der Waals surface area contributed by atoms with Crippen molar-refractivity contribution in [1.82, 2.24) is 10.2 Å². The molecule has 2 nitrogen and oxygen atoms in total. The van der Waals surface area contributed by atoms with Gasteiger partial charge in [0.1, 0.15) is 0 Å². The lowest BCUT2D eigenvalue weighted by atomic mass is 10.0. The van der Waals surface area contributed by atoms with Gasteiger partial charge in [0.05, 0.1) is 0 Å². The maximum absolute atomic E-state index is 3.62. The lowest BCUT2D eigenvalue weighted by Gasteiger charge is -2.32. The molecule has 2 atom stereocenters. The summed E-state index contributed by atoms with van der Waals surface area (Å²) in [6.45, 7) is 13.3. The maximum Gasteiger partial charge on any atom is 0.0449 e. The summed E-state index contributed by atoms with van der Waals surface area (Å²) in [7, 11) is 2.23. The predicted molar refractivity (Wildman–Crippen MR) is 89.2 cm³/mol. The SMILES string of the molecule is CCNC(CN(C)C(C)C(C)C)c1ccc(CC)cc1. The molecule has 0 radical (unpaired) electrons. The van der Waals surface area contributed by atoms with Crippen molar-refractivity contribution in [3.8, 4) is 0 Å². The number of nitrogens with one attached hydrogen (secondary N) is 1. The molecule has 1 N–H and O–H groups in total. The average Bonchev–Trinajstić information content (AvgIpc) is 2.45. The summed E-state index contributed by atoms with van der Waals surface area (Å²) < 4.78 is 0. The molecule has 0 fully saturated rings. The predicted octanol–water partition coefficient (Wildman–Crippen LogP) is 3.88. The second-order valence-electron chi connectivity index (χ2n) is 6.13. The number of hydrogen-bond acceptors (Lipinski definition) is 2. The van der Waals surface area contributed by atoms with Crippen LogP contribution >= 0.6 is 0 Å². The Hall–Kier alpha value is -0.860. The van der Waals surface area contributed by atoms with Crippen molar-refractivity contribution in [3.63, 3.8) is 0 Å². The quantitative estimate of drug-likeness (QED) is 0.775. The van der Waals surface area contributed by atoms with E-state index in [-0.39, 0.29) is 0 Å². The van der Waals surface area contributed by atoms with Crippen LogP contribution in [0.15, 0.2) is 24.3 Å². The van der Waals surface area contributed by atoms with Crippen LogP contribution in [0.5, 0.6) is 0 Å². The van der Waals surface area contributed by atoms with Gasteiger partial charge < -0.3 is 10.2 Å². The van der Waals surface area contributed by atoms with Crippen LogP contribution in [0.2, 0.25) is 0 Å². The van der Waals surface area contributed by atoms with Crippen molar-refractivity contribution in [2.24, 2.45) is 5.92 Å². The van der Waals surface area contributed by atoms with Gasteiger partial charge in [0.2, 0.25) is 0 Å². The van der Waals surface area contributed by atoms with Crippen molar-refractivity contribution in [2.45, 2.75) is 53.1 Å². The summed E-state index contributed by atoms with van der Waals surface area (Å²) in [5, 5.41) is 3.62. The van der Waals surface area contributed by atoms with Gasteiger partial charge in [-0.3, -0.25) is 0 Å². The van der Waals surface area contributed by atoms with Crippen LogP contribution in [0, 0.1) is 5.92 Å². The molecule has 0 saturated carbocycles. The van der Waals surface area contributed by atoms with E-state index >= 15 is 0 Å². The number of likely N-dealkylation sites (N-methyl/N-ethyl adjacent to an activating group) is 2. The molecular formula is C18H32N2. The molecule has 1 aromatic rings. The zero-order valence-electron chi connectivity index (χ0n) is 14.1. The normalized spacial score (nSPS) is 14.8. The van der Waals surface area contributed by atoms with Gasteiger partial charge in [0.25, 0.3) is 0 Å². The Balaban J connectivity index is 2.77. The molecule has 0 heterocycles. The van der Waals surface area contributed by atoms with Crippen LogP contribution in [-0.2, 0) is 6.42 Å². The molecule has 0 saturated heterocycles. The Morgan fingerprint density at radius 3 is 2.10 bits per heavy atom. The zero-order valence-corrected chi connectivity index (χ0v) is 14.1. The zero-order chi connectivity index (χ0) is 15.1. The minimum atomic E-state index is 0.414. The molecule has 0 aromatic heterocycles. The van der Waals surface area contributed by atoms with Gasteiger partial charge in [0, 0.05) is 18.6 Å². The van der Waals surface area contributed by atoms with Crippen LogP contribution < -0.4 is 5.32 Å². The first kappa shape index (κ1) is 17.2. The van der Waals surface area contributed by atoms with Crippen molar-refractivity contribution in [2.75, 3.05) is 20.1 Å². The number of aryl methyl sites for hydroxylation is 1.